The van der Waals surface area contributed by atoms with E-state index in [9.17, 15) is 9.59 Å². The van der Waals surface area contributed by atoms with E-state index in [2.05, 4.69) is 91.8 Å². The summed E-state index contributed by atoms with van der Waals surface area (Å²) in [6.07, 6.45) is 29.8. The molecular formula is C46H72O4. The number of rotatable bonds is 23. The fraction of sp³-hybridized carbons (Fsp3) is 0.565. The molecule has 0 radical (unpaired) electrons. The molecule has 0 aromatic heterocycles. The summed E-state index contributed by atoms with van der Waals surface area (Å²) in [7, 11) is 0. The third kappa shape index (κ3) is 26.5. The maximum absolute atomic E-state index is 11.9. The van der Waals surface area contributed by atoms with Gasteiger partial charge in [0, 0.05) is 0 Å². The number of benzene rings is 1. The van der Waals surface area contributed by atoms with Crippen LogP contribution < -0.4 is 0 Å². The highest BCUT2D eigenvalue weighted by Crippen LogP contribution is 2.15. The molecule has 4 heteroatoms. The molecular weight excluding hydrogens is 617 g/mol. The molecule has 0 unspecified atom stereocenters. The highest BCUT2D eigenvalue weighted by Gasteiger charge is 2.18. The molecule has 1 aromatic carbocycles. The molecule has 0 N–H and O–H groups in total. The van der Waals surface area contributed by atoms with Gasteiger partial charge >= 0.3 is 11.9 Å². The molecule has 1 rings (SSSR count). The highest BCUT2D eigenvalue weighted by molar-refractivity contribution is 6.03. The van der Waals surface area contributed by atoms with Crippen molar-refractivity contribution >= 4 is 11.9 Å². The molecule has 50 heavy (non-hydrogen) atoms. The van der Waals surface area contributed by atoms with Gasteiger partial charge in [-0.25, -0.2) is 9.59 Å². The van der Waals surface area contributed by atoms with Gasteiger partial charge in [-0.3, -0.25) is 0 Å². The minimum absolute atomic E-state index is 0.269. The van der Waals surface area contributed by atoms with E-state index in [4.69, 9.17) is 9.47 Å². The van der Waals surface area contributed by atoms with Crippen LogP contribution in [0.15, 0.2) is 94.2 Å². The van der Waals surface area contributed by atoms with Gasteiger partial charge in [0.2, 0.25) is 0 Å². The Morgan fingerprint density at radius 3 is 1.08 bits per heavy atom. The standard InChI is InChI=1S/C30H50.C16H22O4/c1-25(2)15-11-19-29(7)23-13-21-27(5)17-9-10-18-28(6)22-14-24-30(8)20-12-16-26(3)4;1-3-5-11-19-15(17)13-9-7-8-10-14(13)16(18)20-12-6-4-2/h15-18,23-24H,9-14,19-22H2,1-8H3;7-10H,3-6,11-12H2,1-2H3/b27-17+,28-18+,29-23+,30-24+;. The second-order valence-corrected chi connectivity index (χ2v) is 14.0. The molecule has 1 aromatic rings. The van der Waals surface area contributed by atoms with E-state index in [1.54, 1.807) is 24.3 Å². The predicted molar refractivity (Wildman–Crippen MR) is 217 cm³/mol. The Bertz CT molecular complexity index is 1180. The first-order chi connectivity index (χ1) is 23.9. The van der Waals surface area contributed by atoms with Gasteiger partial charge in [0.1, 0.15) is 0 Å². The molecule has 0 saturated carbocycles. The minimum Gasteiger partial charge on any atom is -0.462 e. The summed E-state index contributed by atoms with van der Waals surface area (Å²) in [4.78, 5) is 23.9. The van der Waals surface area contributed by atoms with Gasteiger partial charge in [0.05, 0.1) is 24.3 Å². The van der Waals surface area contributed by atoms with Crippen LogP contribution >= 0.6 is 0 Å². The topological polar surface area (TPSA) is 52.6 Å². The minimum atomic E-state index is -0.471. The Morgan fingerprint density at radius 1 is 0.480 bits per heavy atom. The van der Waals surface area contributed by atoms with Crippen LogP contribution in [-0.2, 0) is 9.47 Å². The molecule has 4 nitrogen and oxygen atoms in total. The Balaban J connectivity index is 0.00000104. The molecule has 0 aliphatic carbocycles. The number of unbranched alkanes of at least 4 members (excludes halogenated alkanes) is 3. The van der Waals surface area contributed by atoms with Crippen LogP contribution in [0.25, 0.3) is 0 Å². The molecule has 0 bridgehead atoms. The molecule has 0 saturated heterocycles. The average molecular weight is 689 g/mol. The van der Waals surface area contributed by atoms with E-state index in [1.807, 2.05) is 13.8 Å². The van der Waals surface area contributed by atoms with Crippen molar-refractivity contribution in [2.75, 3.05) is 13.2 Å². The third-order valence-corrected chi connectivity index (χ3v) is 8.23. The van der Waals surface area contributed by atoms with E-state index in [-0.39, 0.29) is 11.1 Å². The molecule has 0 fully saturated rings. The quantitative estimate of drug-likeness (QED) is 0.0652. The fourth-order valence-electron chi connectivity index (χ4n) is 4.95. The van der Waals surface area contributed by atoms with Crippen molar-refractivity contribution in [1.82, 2.24) is 0 Å². The van der Waals surface area contributed by atoms with Crippen LogP contribution in [0.3, 0.4) is 0 Å². The first kappa shape index (κ1) is 46.6. The second kappa shape index (κ2) is 30.4. The monoisotopic (exact) mass is 689 g/mol. The van der Waals surface area contributed by atoms with Crippen molar-refractivity contribution in [3.8, 4) is 0 Å². The largest absolute Gasteiger partial charge is 0.462 e. The van der Waals surface area contributed by atoms with Gasteiger partial charge in [-0.05, 0) is 145 Å². The van der Waals surface area contributed by atoms with Crippen LogP contribution in [0, 0.1) is 0 Å². The SMILES string of the molecule is CC(C)=CCC/C(C)=C/CC/C(C)=C/CC/C=C(\C)CC/C=C(\C)CCC=C(C)C.CCCCOC(=O)c1ccccc1C(=O)OCCCC. The van der Waals surface area contributed by atoms with Gasteiger partial charge in [-0.2, -0.15) is 0 Å². The summed E-state index contributed by atoms with van der Waals surface area (Å²) in [5, 5.41) is 0. The van der Waals surface area contributed by atoms with Crippen molar-refractivity contribution in [2.45, 2.75) is 159 Å². The molecule has 0 atom stereocenters. The zero-order valence-corrected chi connectivity index (χ0v) is 33.7. The zero-order valence-electron chi connectivity index (χ0n) is 33.7. The summed E-state index contributed by atoms with van der Waals surface area (Å²) >= 11 is 0. The second-order valence-electron chi connectivity index (χ2n) is 14.0. The molecule has 280 valence electrons. The van der Waals surface area contributed by atoms with Crippen LogP contribution in [0.5, 0.6) is 0 Å². The summed E-state index contributed by atoms with van der Waals surface area (Å²) in [5.74, 6) is -0.942. The van der Waals surface area contributed by atoms with Crippen molar-refractivity contribution in [3.05, 3.63) is 105 Å². The first-order valence-electron chi connectivity index (χ1n) is 19.2. The molecule has 0 amide bonds. The van der Waals surface area contributed by atoms with E-state index in [0.29, 0.717) is 13.2 Å². The van der Waals surface area contributed by atoms with Gasteiger partial charge in [0.25, 0.3) is 0 Å². The Morgan fingerprint density at radius 2 is 0.780 bits per heavy atom. The number of allylic oxidation sites excluding steroid dienone is 12. The number of carbonyl (C=O) groups is 2. The van der Waals surface area contributed by atoms with Gasteiger partial charge < -0.3 is 9.47 Å². The molecule has 0 heterocycles. The van der Waals surface area contributed by atoms with Crippen LogP contribution in [0.4, 0.5) is 0 Å². The number of hydrogen-bond acceptors (Lipinski definition) is 4. The van der Waals surface area contributed by atoms with Gasteiger partial charge in [0.15, 0.2) is 0 Å². The lowest BCUT2D eigenvalue weighted by atomic mass is 10.0. The maximum Gasteiger partial charge on any atom is 0.339 e. The van der Waals surface area contributed by atoms with Crippen LogP contribution in [0.2, 0.25) is 0 Å². The predicted octanol–water partition coefficient (Wildman–Crippen LogP) is 14.2. The number of hydrogen-bond donors (Lipinski definition) is 0. The number of esters is 2. The Kier molecular flexibility index (Phi) is 28.4. The van der Waals surface area contributed by atoms with E-state index in [0.717, 1.165) is 25.7 Å². The number of carbonyl (C=O) groups excluding carboxylic acids is 2. The molecule has 0 spiro atoms. The zero-order chi connectivity index (χ0) is 37.6. The van der Waals surface area contributed by atoms with Crippen molar-refractivity contribution in [2.24, 2.45) is 0 Å². The lowest BCUT2D eigenvalue weighted by Gasteiger charge is -2.09. The third-order valence-electron chi connectivity index (χ3n) is 8.23. The lowest BCUT2D eigenvalue weighted by Crippen LogP contribution is -2.14. The molecule has 0 aliphatic heterocycles. The van der Waals surface area contributed by atoms with Crippen molar-refractivity contribution < 1.29 is 19.1 Å². The Hall–Kier alpha value is -3.40. The van der Waals surface area contributed by atoms with Gasteiger partial charge in [-0.15, -0.1) is 0 Å². The fourth-order valence-corrected chi connectivity index (χ4v) is 4.95. The average Bonchev–Trinajstić information content (AvgIpc) is 3.07. The molecule has 0 aliphatic rings. The van der Waals surface area contributed by atoms with E-state index in [1.165, 1.54) is 97.6 Å². The van der Waals surface area contributed by atoms with Crippen molar-refractivity contribution in [1.29, 1.82) is 0 Å². The summed E-state index contributed by atoms with van der Waals surface area (Å²) in [5.41, 5.74) is 9.50. The Labute approximate surface area is 307 Å². The summed E-state index contributed by atoms with van der Waals surface area (Å²) in [6.45, 7) is 22.6. The van der Waals surface area contributed by atoms with E-state index >= 15 is 0 Å². The lowest BCUT2D eigenvalue weighted by molar-refractivity contribution is 0.0452. The van der Waals surface area contributed by atoms with Gasteiger partial charge in [-0.1, -0.05) is 109 Å². The van der Waals surface area contributed by atoms with Crippen molar-refractivity contribution in [3.63, 3.8) is 0 Å². The highest BCUT2D eigenvalue weighted by atomic mass is 16.5. The first-order valence-corrected chi connectivity index (χ1v) is 19.2. The van der Waals surface area contributed by atoms with Crippen LogP contribution in [-0.4, -0.2) is 25.2 Å². The maximum atomic E-state index is 11.9. The smallest absolute Gasteiger partial charge is 0.339 e. The van der Waals surface area contributed by atoms with E-state index < -0.39 is 11.9 Å². The normalized spacial score (nSPS) is 12.1. The van der Waals surface area contributed by atoms with Crippen LogP contribution in [0.1, 0.15) is 180 Å². The summed E-state index contributed by atoms with van der Waals surface area (Å²) < 4.78 is 10.3. The summed E-state index contributed by atoms with van der Waals surface area (Å²) in [6, 6.07) is 6.59. The number of ether oxygens (including phenoxy) is 2.